The van der Waals surface area contributed by atoms with E-state index in [0.29, 0.717) is 24.5 Å². The highest BCUT2D eigenvalue weighted by molar-refractivity contribution is 5.46. The van der Waals surface area contributed by atoms with Gasteiger partial charge in [0.05, 0.1) is 24.6 Å². The van der Waals surface area contributed by atoms with Crippen LogP contribution in [0.1, 0.15) is 23.1 Å². The lowest BCUT2D eigenvalue weighted by molar-refractivity contribution is 0.156. The van der Waals surface area contributed by atoms with E-state index in [9.17, 15) is 4.79 Å². The molecule has 0 aromatic carbocycles. The fraction of sp³-hybridized carbons (Fsp3) is 0.294. The van der Waals surface area contributed by atoms with Gasteiger partial charge in [-0.25, -0.2) is 4.98 Å². The summed E-state index contributed by atoms with van der Waals surface area (Å²) in [6.07, 6.45) is 3.36. The van der Waals surface area contributed by atoms with Crippen LogP contribution in [0.4, 0.5) is 0 Å². The monoisotopic (exact) mass is 313 g/mol. The number of hydrogen-bond donors (Lipinski definition) is 1. The van der Waals surface area contributed by atoms with E-state index in [1.54, 1.807) is 30.0 Å². The van der Waals surface area contributed by atoms with Gasteiger partial charge >= 0.3 is 0 Å². The van der Waals surface area contributed by atoms with Crippen LogP contribution in [0.3, 0.4) is 0 Å². The summed E-state index contributed by atoms with van der Waals surface area (Å²) < 4.78 is 12.2. The van der Waals surface area contributed by atoms with Crippen LogP contribution in [0.15, 0.2) is 52.0 Å². The Bertz CT molecular complexity index is 840. The summed E-state index contributed by atoms with van der Waals surface area (Å²) in [4.78, 5) is 16.8. The van der Waals surface area contributed by atoms with Gasteiger partial charge in [0.1, 0.15) is 11.4 Å². The molecule has 0 aliphatic rings. The highest BCUT2D eigenvalue weighted by Gasteiger charge is 2.14. The molecule has 120 valence electrons. The molecule has 0 saturated carbocycles. The van der Waals surface area contributed by atoms with Gasteiger partial charge in [0.25, 0.3) is 5.56 Å². The van der Waals surface area contributed by atoms with Gasteiger partial charge in [-0.15, -0.1) is 0 Å². The fourth-order valence-corrected chi connectivity index (χ4v) is 2.53. The summed E-state index contributed by atoms with van der Waals surface area (Å²) in [5.41, 5.74) is 2.25. The molecule has 3 aromatic heterocycles. The van der Waals surface area contributed by atoms with Crippen molar-refractivity contribution >= 4 is 5.65 Å². The van der Waals surface area contributed by atoms with Crippen molar-refractivity contribution < 1.29 is 9.15 Å². The lowest BCUT2D eigenvalue weighted by Gasteiger charge is -2.15. The predicted molar refractivity (Wildman–Crippen MR) is 86.4 cm³/mol. The van der Waals surface area contributed by atoms with Crippen molar-refractivity contribution in [3.63, 3.8) is 0 Å². The van der Waals surface area contributed by atoms with Crippen LogP contribution in [-0.2, 0) is 11.3 Å². The van der Waals surface area contributed by atoms with Crippen LogP contribution in [0, 0.1) is 6.92 Å². The molecule has 0 bridgehead atoms. The van der Waals surface area contributed by atoms with Crippen molar-refractivity contribution in [3.8, 4) is 0 Å². The second-order valence-corrected chi connectivity index (χ2v) is 5.37. The number of aromatic nitrogens is 2. The first-order chi connectivity index (χ1) is 11.2. The van der Waals surface area contributed by atoms with Gasteiger partial charge in [0.2, 0.25) is 0 Å². The Morgan fingerprint density at radius 2 is 2.26 bits per heavy atom. The summed E-state index contributed by atoms with van der Waals surface area (Å²) >= 11 is 0. The van der Waals surface area contributed by atoms with Crippen molar-refractivity contribution in [1.82, 2.24) is 14.7 Å². The Hall–Kier alpha value is -2.44. The molecule has 0 aliphatic heterocycles. The number of pyridine rings is 1. The zero-order valence-electron chi connectivity index (χ0n) is 13.2. The van der Waals surface area contributed by atoms with Crippen molar-refractivity contribution in [2.24, 2.45) is 0 Å². The van der Waals surface area contributed by atoms with Gasteiger partial charge in [-0.2, -0.15) is 0 Å². The van der Waals surface area contributed by atoms with Crippen molar-refractivity contribution in [1.29, 1.82) is 0 Å². The van der Waals surface area contributed by atoms with Crippen molar-refractivity contribution in [2.45, 2.75) is 19.5 Å². The Morgan fingerprint density at radius 1 is 1.39 bits per heavy atom. The average Bonchev–Trinajstić information content (AvgIpc) is 3.07. The molecule has 0 aliphatic carbocycles. The summed E-state index contributed by atoms with van der Waals surface area (Å²) in [5.74, 6) is 0.792. The number of furan rings is 1. The third-order valence-corrected chi connectivity index (χ3v) is 3.69. The summed E-state index contributed by atoms with van der Waals surface area (Å²) in [6.45, 7) is 2.86. The molecule has 0 unspecified atom stereocenters. The number of methoxy groups -OCH3 is 1. The van der Waals surface area contributed by atoms with Crippen LogP contribution in [-0.4, -0.2) is 23.1 Å². The normalized spacial score (nSPS) is 12.6. The first-order valence-corrected chi connectivity index (χ1v) is 7.42. The zero-order valence-corrected chi connectivity index (χ0v) is 13.2. The van der Waals surface area contributed by atoms with E-state index in [2.05, 4.69) is 10.3 Å². The Kier molecular flexibility index (Phi) is 4.55. The maximum Gasteiger partial charge on any atom is 0.258 e. The van der Waals surface area contributed by atoms with Gasteiger partial charge in [0.15, 0.2) is 0 Å². The standard InChI is InChI=1S/C17H19N3O3/c1-12-5-3-7-20-16(21)9-13(19-17(12)20)10-18-14(11-22-2)15-6-4-8-23-15/h3-9,14,18H,10-11H2,1-2H3/t14-/m0/s1. The third kappa shape index (κ3) is 3.33. The highest BCUT2D eigenvalue weighted by Crippen LogP contribution is 2.14. The Morgan fingerprint density at radius 3 is 3.00 bits per heavy atom. The molecular formula is C17H19N3O3. The number of ether oxygens (including phenoxy) is 1. The molecule has 6 heteroatoms. The molecular weight excluding hydrogens is 294 g/mol. The van der Waals surface area contributed by atoms with Gasteiger partial charge < -0.3 is 9.15 Å². The van der Waals surface area contributed by atoms with Crippen LogP contribution >= 0.6 is 0 Å². The number of nitrogens with zero attached hydrogens (tertiary/aromatic N) is 2. The largest absolute Gasteiger partial charge is 0.468 e. The predicted octanol–water partition coefficient (Wildman–Crippen LogP) is 2.07. The topological polar surface area (TPSA) is 68.8 Å². The quantitative estimate of drug-likeness (QED) is 0.754. The second kappa shape index (κ2) is 6.76. The molecule has 1 atom stereocenters. The minimum Gasteiger partial charge on any atom is -0.468 e. The summed E-state index contributed by atoms with van der Waals surface area (Å²) in [7, 11) is 1.64. The number of rotatable bonds is 6. The molecule has 0 amide bonds. The van der Waals surface area contributed by atoms with E-state index in [1.165, 1.54) is 0 Å². The molecule has 3 rings (SSSR count). The average molecular weight is 313 g/mol. The number of hydrogen-bond acceptors (Lipinski definition) is 5. The van der Waals surface area contributed by atoms with Gasteiger partial charge in [-0.05, 0) is 30.7 Å². The van der Waals surface area contributed by atoms with Crippen LogP contribution in [0.2, 0.25) is 0 Å². The minimum absolute atomic E-state index is 0.0863. The van der Waals surface area contributed by atoms with E-state index in [-0.39, 0.29) is 11.6 Å². The molecule has 3 heterocycles. The van der Waals surface area contributed by atoms with Crippen LogP contribution in [0.5, 0.6) is 0 Å². The summed E-state index contributed by atoms with van der Waals surface area (Å²) in [6, 6.07) is 8.97. The smallest absolute Gasteiger partial charge is 0.258 e. The second-order valence-electron chi connectivity index (χ2n) is 5.37. The molecule has 3 aromatic rings. The van der Waals surface area contributed by atoms with Crippen molar-refractivity contribution in [2.75, 3.05) is 13.7 Å². The number of aryl methyl sites for hydroxylation is 1. The van der Waals surface area contributed by atoms with E-state index < -0.39 is 0 Å². The summed E-state index contributed by atoms with van der Waals surface area (Å²) in [5, 5.41) is 3.32. The number of nitrogens with one attached hydrogen (secondary N) is 1. The highest BCUT2D eigenvalue weighted by atomic mass is 16.5. The molecule has 23 heavy (non-hydrogen) atoms. The molecule has 0 saturated heterocycles. The molecule has 0 radical (unpaired) electrons. The molecule has 1 N–H and O–H groups in total. The third-order valence-electron chi connectivity index (χ3n) is 3.69. The van der Waals surface area contributed by atoms with E-state index in [0.717, 1.165) is 11.3 Å². The Labute approximate surface area is 133 Å². The number of fused-ring (bicyclic) bond motifs is 1. The van der Waals surface area contributed by atoms with Crippen LogP contribution in [0.25, 0.3) is 5.65 Å². The molecule has 0 spiro atoms. The first kappa shape index (κ1) is 15.5. The van der Waals surface area contributed by atoms with Crippen LogP contribution < -0.4 is 10.9 Å². The SMILES string of the molecule is COC[C@H](NCc1cc(=O)n2cccc(C)c2n1)c1ccco1. The molecule has 6 nitrogen and oxygen atoms in total. The van der Waals surface area contributed by atoms with E-state index in [1.807, 2.05) is 31.2 Å². The zero-order chi connectivity index (χ0) is 16.2. The molecule has 0 fully saturated rings. The first-order valence-electron chi connectivity index (χ1n) is 7.42. The maximum absolute atomic E-state index is 12.2. The van der Waals surface area contributed by atoms with Crippen molar-refractivity contribution in [3.05, 3.63) is 70.2 Å². The lowest BCUT2D eigenvalue weighted by atomic mass is 10.2. The minimum atomic E-state index is -0.0906. The Balaban J connectivity index is 1.84. The van der Waals surface area contributed by atoms with Gasteiger partial charge in [-0.3, -0.25) is 14.5 Å². The van der Waals surface area contributed by atoms with E-state index >= 15 is 0 Å². The fourth-order valence-electron chi connectivity index (χ4n) is 2.53. The van der Waals surface area contributed by atoms with Gasteiger partial charge in [0, 0.05) is 25.9 Å². The lowest BCUT2D eigenvalue weighted by Crippen LogP contribution is -2.26. The maximum atomic E-state index is 12.2. The van der Waals surface area contributed by atoms with Gasteiger partial charge in [-0.1, -0.05) is 6.07 Å². The van der Waals surface area contributed by atoms with E-state index in [4.69, 9.17) is 9.15 Å².